The van der Waals surface area contributed by atoms with Crippen molar-refractivity contribution in [1.82, 2.24) is 0 Å². The summed E-state index contributed by atoms with van der Waals surface area (Å²) in [6.07, 6.45) is -0.859. The van der Waals surface area contributed by atoms with E-state index in [4.69, 9.17) is 14.6 Å². The van der Waals surface area contributed by atoms with E-state index in [1.165, 1.54) is 6.92 Å². The number of aliphatic carboxylic acids is 1. The topological polar surface area (TPSA) is 55.8 Å². The first-order valence-electron chi connectivity index (χ1n) is 4.75. The lowest BCUT2D eigenvalue weighted by Gasteiger charge is -2.11. The lowest BCUT2D eigenvalue weighted by Crippen LogP contribution is -2.22. The molecule has 1 aromatic rings. The van der Waals surface area contributed by atoms with Gasteiger partial charge in [-0.25, -0.2) is 4.79 Å². The molecular weight excluding hydrogens is 196 g/mol. The number of ether oxygens (including phenoxy) is 2. The molecular formula is C11H14O4. The zero-order chi connectivity index (χ0) is 11.3. The standard InChI is InChI=1S/C11H14O4/c1-3-14-9-5-4-6-10(7-9)15-8(2)11(12)13/h4-8H,3H2,1-2H3,(H,12,13)/t8-/m0/s1. The van der Waals surface area contributed by atoms with E-state index < -0.39 is 12.1 Å². The SMILES string of the molecule is CCOc1cccc(O[C@@H](C)C(=O)O)c1. The molecule has 0 aliphatic heterocycles. The molecule has 0 aliphatic carbocycles. The summed E-state index contributed by atoms with van der Waals surface area (Å²) >= 11 is 0. The second-order valence-corrected chi connectivity index (χ2v) is 3.01. The molecule has 0 aromatic heterocycles. The molecule has 0 heterocycles. The van der Waals surface area contributed by atoms with E-state index in [0.29, 0.717) is 18.1 Å². The highest BCUT2D eigenvalue weighted by Gasteiger charge is 2.12. The number of carboxylic acids is 1. The summed E-state index contributed by atoms with van der Waals surface area (Å²) in [7, 11) is 0. The summed E-state index contributed by atoms with van der Waals surface area (Å²) < 4.78 is 10.4. The molecule has 0 saturated carbocycles. The summed E-state index contributed by atoms with van der Waals surface area (Å²) in [5.74, 6) is 0.181. The Morgan fingerprint density at radius 1 is 1.47 bits per heavy atom. The van der Waals surface area contributed by atoms with Crippen molar-refractivity contribution in [3.05, 3.63) is 24.3 Å². The number of carbonyl (C=O) groups is 1. The first-order valence-corrected chi connectivity index (χ1v) is 4.75. The Hall–Kier alpha value is -1.71. The minimum Gasteiger partial charge on any atom is -0.494 e. The predicted molar refractivity (Wildman–Crippen MR) is 55.3 cm³/mol. The molecule has 4 nitrogen and oxygen atoms in total. The molecule has 0 fully saturated rings. The fraction of sp³-hybridized carbons (Fsp3) is 0.364. The minimum absolute atomic E-state index is 0.496. The van der Waals surface area contributed by atoms with E-state index in [0.717, 1.165) is 0 Å². The maximum absolute atomic E-state index is 10.6. The number of benzene rings is 1. The Morgan fingerprint density at radius 2 is 2.13 bits per heavy atom. The second kappa shape index (κ2) is 5.24. The molecule has 15 heavy (non-hydrogen) atoms. The van der Waals surface area contributed by atoms with E-state index in [1.807, 2.05) is 6.92 Å². The van der Waals surface area contributed by atoms with Crippen molar-refractivity contribution in [2.75, 3.05) is 6.61 Å². The Balaban J connectivity index is 2.68. The smallest absolute Gasteiger partial charge is 0.344 e. The molecule has 0 spiro atoms. The van der Waals surface area contributed by atoms with Crippen molar-refractivity contribution in [3.8, 4) is 11.5 Å². The summed E-state index contributed by atoms with van der Waals surface area (Å²) in [4.78, 5) is 10.6. The van der Waals surface area contributed by atoms with Gasteiger partial charge in [-0.15, -0.1) is 0 Å². The van der Waals surface area contributed by atoms with Crippen molar-refractivity contribution in [2.24, 2.45) is 0 Å². The molecule has 1 N–H and O–H groups in total. The van der Waals surface area contributed by atoms with Crippen molar-refractivity contribution in [1.29, 1.82) is 0 Å². The van der Waals surface area contributed by atoms with Crippen LogP contribution in [0.1, 0.15) is 13.8 Å². The van der Waals surface area contributed by atoms with Gasteiger partial charge in [0.2, 0.25) is 0 Å². The number of hydrogen-bond acceptors (Lipinski definition) is 3. The fourth-order valence-corrected chi connectivity index (χ4v) is 1.06. The Kier molecular flexibility index (Phi) is 3.97. The summed E-state index contributed by atoms with van der Waals surface area (Å²) in [6, 6.07) is 6.92. The van der Waals surface area contributed by atoms with Crippen LogP contribution in [0.15, 0.2) is 24.3 Å². The van der Waals surface area contributed by atoms with Gasteiger partial charge in [0.25, 0.3) is 0 Å². The van der Waals surface area contributed by atoms with Gasteiger partial charge in [-0.1, -0.05) is 6.07 Å². The largest absolute Gasteiger partial charge is 0.494 e. The van der Waals surface area contributed by atoms with E-state index >= 15 is 0 Å². The second-order valence-electron chi connectivity index (χ2n) is 3.01. The Morgan fingerprint density at radius 3 is 2.73 bits per heavy atom. The zero-order valence-corrected chi connectivity index (χ0v) is 8.77. The average Bonchev–Trinajstić information content (AvgIpc) is 2.18. The van der Waals surface area contributed by atoms with Crippen LogP contribution in [0, 0.1) is 0 Å². The molecule has 1 aromatic carbocycles. The highest BCUT2D eigenvalue weighted by Crippen LogP contribution is 2.20. The first kappa shape index (κ1) is 11.4. The number of carboxylic acid groups (broad SMARTS) is 1. The Bertz CT molecular complexity index is 335. The highest BCUT2D eigenvalue weighted by molar-refractivity contribution is 5.72. The molecule has 82 valence electrons. The number of rotatable bonds is 5. The minimum atomic E-state index is -0.989. The summed E-state index contributed by atoms with van der Waals surface area (Å²) in [5.41, 5.74) is 0. The lowest BCUT2D eigenvalue weighted by atomic mass is 10.3. The van der Waals surface area contributed by atoms with E-state index in [9.17, 15) is 4.79 Å². The van der Waals surface area contributed by atoms with Crippen LogP contribution in [0.5, 0.6) is 11.5 Å². The first-order chi connectivity index (χ1) is 7.13. The molecule has 0 amide bonds. The molecule has 4 heteroatoms. The van der Waals surface area contributed by atoms with Gasteiger partial charge in [-0.3, -0.25) is 0 Å². The van der Waals surface area contributed by atoms with Crippen molar-refractivity contribution < 1.29 is 19.4 Å². The third-order valence-corrected chi connectivity index (χ3v) is 1.78. The van der Waals surface area contributed by atoms with Gasteiger partial charge in [0.1, 0.15) is 11.5 Å². The molecule has 0 aliphatic rings. The van der Waals surface area contributed by atoms with Gasteiger partial charge in [-0.05, 0) is 26.0 Å². The van der Waals surface area contributed by atoms with Crippen LogP contribution in [0.4, 0.5) is 0 Å². The van der Waals surface area contributed by atoms with Gasteiger partial charge >= 0.3 is 5.97 Å². The van der Waals surface area contributed by atoms with Gasteiger partial charge in [0.05, 0.1) is 6.61 Å². The summed E-state index contributed by atoms with van der Waals surface area (Å²) in [6.45, 7) is 3.93. The number of hydrogen-bond donors (Lipinski definition) is 1. The predicted octanol–water partition coefficient (Wildman–Crippen LogP) is 1.94. The molecule has 0 bridgehead atoms. The van der Waals surface area contributed by atoms with Gasteiger partial charge < -0.3 is 14.6 Å². The monoisotopic (exact) mass is 210 g/mol. The molecule has 1 atom stereocenters. The maximum atomic E-state index is 10.6. The van der Waals surface area contributed by atoms with Crippen molar-refractivity contribution in [2.45, 2.75) is 20.0 Å². The molecule has 0 radical (unpaired) electrons. The van der Waals surface area contributed by atoms with Gasteiger partial charge in [-0.2, -0.15) is 0 Å². The van der Waals surface area contributed by atoms with Gasteiger partial charge in [0, 0.05) is 6.07 Å². The zero-order valence-electron chi connectivity index (χ0n) is 8.77. The van der Waals surface area contributed by atoms with Gasteiger partial charge in [0.15, 0.2) is 6.10 Å². The summed E-state index contributed by atoms with van der Waals surface area (Å²) in [5, 5.41) is 8.66. The van der Waals surface area contributed by atoms with Crippen LogP contribution in [0.2, 0.25) is 0 Å². The van der Waals surface area contributed by atoms with Crippen molar-refractivity contribution >= 4 is 5.97 Å². The van der Waals surface area contributed by atoms with Crippen LogP contribution >= 0.6 is 0 Å². The fourth-order valence-electron chi connectivity index (χ4n) is 1.06. The lowest BCUT2D eigenvalue weighted by molar-refractivity contribution is -0.144. The van der Waals surface area contributed by atoms with E-state index in [-0.39, 0.29) is 0 Å². The van der Waals surface area contributed by atoms with Crippen LogP contribution in [0.3, 0.4) is 0 Å². The van der Waals surface area contributed by atoms with E-state index in [2.05, 4.69) is 0 Å². The average molecular weight is 210 g/mol. The van der Waals surface area contributed by atoms with Crippen LogP contribution in [-0.2, 0) is 4.79 Å². The quantitative estimate of drug-likeness (QED) is 0.806. The van der Waals surface area contributed by atoms with Crippen LogP contribution < -0.4 is 9.47 Å². The Labute approximate surface area is 88.4 Å². The highest BCUT2D eigenvalue weighted by atomic mass is 16.5. The van der Waals surface area contributed by atoms with E-state index in [1.54, 1.807) is 24.3 Å². The normalized spacial score (nSPS) is 11.9. The third-order valence-electron chi connectivity index (χ3n) is 1.78. The third kappa shape index (κ3) is 3.50. The van der Waals surface area contributed by atoms with Crippen LogP contribution in [-0.4, -0.2) is 23.8 Å². The molecule has 0 unspecified atom stereocenters. The maximum Gasteiger partial charge on any atom is 0.344 e. The van der Waals surface area contributed by atoms with Crippen LogP contribution in [0.25, 0.3) is 0 Å². The van der Waals surface area contributed by atoms with Crippen molar-refractivity contribution in [3.63, 3.8) is 0 Å². The molecule has 1 rings (SSSR count). The molecule has 0 saturated heterocycles.